The molecule has 1 N–H and O–H groups in total. The Balaban J connectivity index is 1.41. The van der Waals surface area contributed by atoms with Gasteiger partial charge in [0.15, 0.2) is 5.82 Å². The number of H-pyrrole nitrogens is 1. The van der Waals surface area contributed by atoms with Crippen molar-refractivity contribution < 1.29 is 4.39 Å². The van der Waals surface area contributed by atoms with Gasteiger partial charge in [0.2, 0.25) is 0 Å². The van der Waals surface area contributed by atoms with Crippen molar-refractivity contribution in [2.24, 2.45) is 0 Å². The van der Waals surface area contributed by atoms with Crippen LogP contribution in [0.4, 0.5) is 4.39 Å². The molecule has 2 heterocycles. The van der Waals surface area contributed by atoms with Crippen molar-refractivity contribution in [3.8, 4) is 0 Å². The summed E-state index contributed by atoms with van der Waals surface area (Å²) in [6.45, 7) is 6.20. The maximum atomic E-state index is 13.3. The summed E-state index contributed by atoms with van der Waals surface area (Å²) in [4.78, 5) is 18.2. The van der Waals surface area contributed by atoms with Gasteiger partial charge in [-0.3, -0.25) is 9.69 Å². The number of benzene rings is 3. The minimum Gasteiger partial charge on any atom is -0.322 e. The monoisotopic (exact) mass is 496 g/mol. The van der Waals surface area contributed by atoms with E-state index in [0.29, 0.717) is 31.0 Å². The van der Waals surface area contributed by atoms with Gasteiger partial charge in [-0.2, -0.15) is 0 Å². The van der Waals surface area contributed by atoms with Gasteiger partial charge >= 0.3 is 0 Å². The highest BCUT2D eigenvalue weighted by Crippen LogP contribution is 2.16. The van der Waals surface area contributed by atoms with E-state index in [-0.39, 0.29) is 11.4 Å². The zero-order chi connectivity index (χ0) is 25.8. The van der Waals surface area contributed by atoms with Crippen molar-refractivity contribution in [3.63, 3.8) is 0 Å². The lowest BCUT2D eigenvalue weighted by atomic mass is 10.1. The molecular weight excluding hydrogens is 467 g/mol. The lowest BCUT2D eigenvalue weighted by molar-refractivity contribution is 0.248. The van der Waals surface area contributed by atoms with E-state index in [2.05, 4.69) is 62.7 Å². The number of hydrogen-bond donors (Lipinski definition) is 1. The molecule has 5 aromatic rings. The molecule has 0 amide bonds. The molecule has 0 saturated carbocycles. The van der Waals surface area contributed by atoms with Crippen LogP contribution in [0, 0.1) is 19.7 Å². The summed E-state index contributed by atoms with van der Waals surface area (Å²) in [5.41, 5.74) is 5.92. The lowest BCUT2D eigenvalue weighted by Crippen LogP contribution is -2.30. The average Bonchev–Trinajstić information content (AvgIpc) is 3.31. The second-order valence-electron chi connectivity index (χ2n) is 9.54. The number of halogens is 1. The van der Waals surface area contributed by atoms with E-state index in [9.17, 15) is 9.18 Å². The second-order valence-corrected chi connectivity index (χ2v) is 9.54. The Hall–Kier alpha value is -4.17. The standard InChI is InChI=1S/C29H29FN6O/c1-20-4-3-5-22(14-20)12-13-35(18-25-16-24-15-21(2)6-11-27(24)31-29(25)37)19-28-32-33-34-36(28)17-23-7-9-26(30)10-8-23/h3-11,14-16H,12-13,17-19H2,1-2H3,(H,31,37). The number of hydrogen-bond acceptors (Lipinski definition) is 5. The SMILES string of the molecule is Cc1cccc(CCN(Cc2cc3cc(C)ccc3[nH]c2=O)Cc2nnnn2Cc2ccc(F)cc2)c1. The van der Waals surface area contributed by atoms with Gasteiger partial charge in [-0.15, -0.1) is 5.10 Å². The molecule has 5 rings (SSSR count). The molecule has 0 aliphatic rings. The maximum Gasteiger partial charge on any atom is 0.252 e. The number of rotatable bonds is 9. The molecule has 0 aliphatic carbocycles. The van der Waals surface area contributed by atoms with E-state index in [0.717, 1.165) is 35.0 Å². The summed E-state index contributed by atoms with van der Waals surface area (Å²) >= 11 is 0. The van der Waals surface area contributed by atoms with Crippen LogP contribution in [-0.2, 0) is 26.1 Å². The van der Waals surface area contributed by atoms with Crippen molar-refractivity contribution >= 4 is 10.9 Å². The minimum absolute atomic E-state index is 0.0946. The van der Waals surface area contributed by atoms with E-state index in [1.54, 1.807) is 16.8 Å². The largest absolute Gasteiger partial charge is 0.322 e. The van der Waals surface area contributed by atoms with Gasteiger partial charge in [0.25, 0.3) is 5.56 Å². The summed E-state index contributed by atoms with van der Waals surface area (Å²) in [6, 6.07) is 22.8. The number of aromatic amines is 1. The molecule has 0 radical (unpaired) electrons. The molecule has 3 aromatic carbocycles. The van der Waals surface area contributed by atoms with Gasteiger partial charge in [0, 0.05) is 24.2 Å². The third-order valence-electron chi connectivity index (χ3n) is 6.49. The van der Waals surface area contributed by atoms with E-state index in [1.807, 2.05) is 25.1 Å². The number of aromatic nitrogens is 5. The Labute approximate surface area is 214 Å². The summed E-state index contributed by atoms with van der Waals surface area (Å²) < 4.78 is 15.1. The van der Waals surface area contributed by atoms with Crippen LogP contribution in [0.2, 0.25) is 0 Å². The van der Waals surface area contributed by atoms with Crippen molar-refractivity contribution in [2.45, 2.75) is 39.9 Å². The van der Waals surface area contributed by atoms with E-state index in [4.69, 9.17) is 0 Å². The fraction of sp³-hybridized carbons (Fsp3) is 0.241. The number of nitrogens with one attached hydrogen (secondary N) is 1. The van der Waals surface area contributed by atoms with Crippen LogP contribution in [-0.4, -0.2) is 36.6 Å². The van der Waals surface area contributed by atoms with Crippen LogP contribution in [0.15, 0.2) is 77.6 Å². The first-order valence-electron chi connectivity index (χ1n) is 12.3. The van der Waals surface area contributed by atoms with E-state index >= 15 is 0 Å². The van der Waals surface area contributed by atoms with Crippen LogP contribution >= 0.6 is 0 Å². The average molecular weight is 497 g/mol. The van der Waals surface area contributed by atoms with Gasteiger partial charge < -0.3 is 4.98 Å². The van der Waals surface area contributed by atoms with Crippen molar-refractivity contribution in [3.05, 3.63) is 123 Å². The summed E-state index contributed by atoms with van der Waals surface area (Å²) in [6.07, 6.45) is 0.825. The molecule has 8 heteroatoms. The number of nitrogens with zero attached hydrogens (tertiary/aromatic N) is 5. The van der Waals surface area contributed by atoms with Crippen molar-refractivity contribution in [1.82, 2.24) is 30.1 Å². The number of pyridine rings is 1. The number of aryl methyl sites for hydroxylation is 2. The second kappa shape index (κ2) is 10.8. The van der Waals surface area contributed by atoms with Gasteiger partial charge in [-0.25, -0.2) is 9.07 Å². The van der Waals surface area contributed by atoms with Crippen LogP contribution in [0.5, 0.6) is 0 Å². The molecule has 0 saturated heterocycles. The fourth-order valence-electron chi connectivity index (χ4n) is 4.52. The minimum atomic E-state index is -0.279. The van der Waals surface area contributed by atoms with Crippen LogP contribution in [0.1, 0.15) is 33.6 Å². The van der Waals surface area contributed by atoms with Crippen LogP contribution in [0.25, 0.3) is 10.9 Å². The number of fused-ring (bicyclic) bond motifs is 1. The molecule has 0 unspecified atom stereocenters. The quantitative estimate of drug-likeness (QED) is 0.324. The fourth-order valence-corrected chi connectivity index (χ4v) is 4.52. The maximum absolute atomic E-state index is 13.3. The third kappa shape index (κ3) is 6.16. The highest BCUT2D eigenvalue weighted by molar-refractivity contribution is 5.79. The molecule has 0 fully saturated rings. The summed E-state index contributed by atoms with van der Waals surface area (Å²) in [5.74, 6) is 0.403. The molecule has 0 spiro atoms. The Morgan fingerprint density at radius 2 is 1.73 bits per heavy atom. The number of tetrazole rings is 1. The predicted octanol–water partition coefficient (Wildman–Crippen LogP) is 4.56. The van der Waals surface area contributed by atoms with E-state index in [1.165, 1.54) is 23.3 Å². The first-order chi connectivity index (χ1) is 17.9. The van der Waals surface area contributed by atoms with Crippen molar-refractivity contribution in [1.29, 1.82) is 0 Å². The highest BCUT2D eigenvalue weighted by Gasteiger charge is 2.16. The lowest BCUT2D eigenvalue weighted by Gasteiger charge is -2.22. The molecule has 0 aliphatic heterocycles. The normalized spacial score (nSPS) is 11.5. The summed E-state index contributed by atoms with van der Waals surface area (Å²) in [5, 5.41) is 13.3. The Morgan fingerprint density at radius 1 is 0.919 bits per heavy atom. The first kappa shape index (κ1) is 24.5. The topological polar surface area (TPSA) is 79.7 Å². The van der Waals surface area contributed by atoms with Gasteiger partial charge in [-0.05, 0) is 77.5 Å². The molecule has 7 nitrogen and oxygen atoms in total. The van der Waals surface area contributed by atoms with E-state index < -0.39 is 0 Å². The van der Waals surface area contributed by atoms with Gasteiger partial charge in [-0.1, -0.05) is 53.6 Å². The molecule has 188 valence electrons. The Morgan fingerprint density at radius 3 is 2.54 bits per heavy atom. The molecule has 0 bridgehead atoms. The molecule has 2 aromatic heterocycles. The Bertz CT molecular complexity index is 1570. The first-order valence-corrected chi connectivity index (χ1v) is 12.3. The molecule has 0 atom stereocenters. The van der Waals surface area contributed by atoms with Crippen LogP contribution < -0.4 is 5.56 Å². The Kier molecular flexibility index (Phi) is 7.18. The smallest absolute Gasteiger partial charge is 0.252 e. The summed E-state index contributed by atoms with van der Waals surface area (Å²) in [7, 11) is 0. The predicted molar refractivity (Wildman–Crippen MR) is 142 cm³/mol. The molecule has 37 heavy (non-hydrogen) atoms. The highest BCUT2D eigenvalue weighted by atomic mass is 19.1. The molecular formula is C29H29FN6O. The van der Waals surface area contributed by atoms with Crippen molar-refractivity contribution in [2.75, 3.05) is 6.54 Å². The zero-order valence-electron chi connectivity index (χ0n) is 21.0. The van der Waals surface area contributed by atoms with Gasteiger partial charge in [0.1, 0.15) is 5.82 Å². The van der Waals surface area contributed by atoms with Gasteiger partial charge in [0.05, 0.1) is 13.1 Å². The van der Waals surface area contributed by atoms with Crippen LogP contribution in [0.3, 0.4) is 0 Å². The third-order valence-corrected chi connectivity index (χ3v) is 6.49. The zero-order valence-corrected chi connectivity index (χ0v) is 21.0.